The van der Waals surface area contributed by atoms with Crippen LogP contribution in [-0.4, -0.2) is 11.5 Å². The molecule has 0 aliphatic rings. The van der Waals surface area contributed by atoms with Gasteiger partial charge in [0.05, 0.1) is 6.04 Å². The van der Waals surface area contributed by atoms with Crippen LogP contribution in [0, 0.1) is 6.92 Å². The average Bonchev–Trinajstić information content (AvgIpc) is 2.94. The monoisotopic (exact) mass is 296 g/mol. The SMILES string of the molecule is CCCNC(c1sccc1C)c1cccc2cnccc12. The third-order valence-corrected chi connectivity index (χ3v) is 4.87. The molecule has 108 valence electrons. The van der Waals surface area contributed by atoms with E-state index in [2.05, 4.69) is 59.9 Å². The molecule has 2 aromatic heterocycles. The predicted molar refractivity (Wildman–Crippen MR) is 90.9 cm³/mol. The molecule has 0 fully saturated rings. The van der Waals surface area contributed by atoms with Gasteiger partial charge >= 0.3 is 0 Å². The molecule has 1 atom stereocenters. The smallest absolute Gasteiger partial charge is 0.0679 e. The van der Waals surface area contributed by atoms with Crippen LogP contribution in [0.3, 0.4) is 0 Å². The quantitative estimate of drug-likeness (QED) is 0.738. The van der Waals surface area contributed by atoms with Gasteiger partial charge in [0.2, 0.25) is 0 Å². The van der Waals surface area contributed by atoms with Gasteiger partial charge in [0.25, 0.3) is 0 Å². The second-order valence-electron chi connectivity index (χ2n) is 5.30. The summed E-state index contributed by atoms with van der Waals surface area (Å²) in [5.41, 5.74) is 2.70. The fraction of sp³-hybridized carbons (Fsp3) is 0.278. The second-order valence-corrected chi connectivity index (χ2v) is 6.25. The Morgan fingerprint density at radius 2 is 2.14 bits per heavy atom. The number of hydrogen-bond acceptors (Lipinski definition) is 3. The molecule has 0 saturated heterocycles. The third kappa shape index (κ3) is 2.85. The van der Waals surface area contributed by atoms with Crippen LogP contribution in [0.5, 0.6) is 0 Å². The van der Waals surface area contributed by atoms with Gasteiger partial charge in [-0.2, -0.15) is 0 Å². The number of benzene rings is 1. The molecule has 0 spiro atoms. The Balaban J connectivity index is 2.12. The number of pyridine rings is 1. The van der Waals surface area contributed by atoms with Crippen LogP contribution in [0.2, 0.25) is 0 Å². The van der Waals surface area contributed by atoms with E-state index in [9.17, 15) is 0 Å². The lowest BCUT2D eigenvalue weighted by Gasteiger charge is -2.20. The number of aromatic nitrogens is 1. The highest BCUT2D eigenvalue weighted by molar-refractivity contribution is 7.10. The third-order valence-electron chi connectivity index (χ3n) is 3.79. The van der Waals surface area contributed by atoms with Crippen molar-refractivity contribution < 1.29 is 0 Å². The number of nitrogens with one attached hydrogen (secondary N) is 1. The molecule has 21 heavy (non-hydrogen) atoms. The number of rotatable bonds is 5. The van der Waals surface area contributed by atoms with Crippen LogP contribution in [0.15, 0.2) is 48.1 Å². The first kappa shape index (κ1) is 14.2. The highest BCUT2D eigenvalue weighted by Crippen LogP contribution is 2.33. The van der Waals surface area contributed by atoms with E-state index in [4.69, 9.17) is 0 Å². The van der Waals surface area contributed by atoms with E-state index in [1.54, 1.807) is 0 Å². The molecule has 1 N–H and O–H groups in total. The Hall–Kier alpha value is -1.71. The lowest BCUT2D eigenvalue weighted by molar-refractivity contribution is 0.607. The molecule has 0 saturated carbocycles. The molecule has 0 bridgehead atoms. The van der Waals surface area contributed by atoms with Crippen LogP contribution in [0.4, 0.5) is 0 Å². The maximum atomic E-state index is 4.24. The number of thiophene rings is 1. The summed E-state index contributed by atoms with van der Waals surface area (Å²) in [5, 5.41) is 8.38. The molecular weight excluding hydrogens is 276 g/mol. The molecule has 0 amide bonds. The van der Waals surface area contributed by atoms with Crippen molar-refractivity contribution in [3.8, 4) is 0 Å². The Labute approximate surface area is 129 Å². The van der Waals surface area contributed by atoms with E-state index < -0.39 is 0 Å². The zero-order chi connectivity index (χ0) is 14.7. The topological polar surface area (TPSA) is 24.9 Å². The van der Waals surface area contributed by atoms with E-state index in [0.29, 0.717) is 0 Å². The Kier molecular flexibility index (Phi) is 4.32. The second kappa shape index (κ2) is 6.37. The highest BCUT2D eigenvalue weighted by Gasteiger charge is 2.18. The molecule has 0 aliphatic carbocycles. The summed E-state index contributed by atoms with van der Waals surface area (Å²) in [5.74, 6) is 0. The van der Waals surface area contributed by atoms with Crippen molar-refractivity contribution >= 4 is 22.1 Å². The molecule has 3 heteroatoms. The summed E-state index contributed by atoms with van der Waals surface area (Å²) < 4.78 is 0. The first-order valence-corrected chi connectivity index (χ1v) is 8.29. The molecule has 3 rings (SSSR count). The van der Waals surface area contributed by atoms with Crippen LogP contribution < -0.4 is 5.32 Å². The normalized spacial score (nSPS) is 12.7. The van der Waals surface area contributed by atoms with E-state index in [1.807, 2.05) is 23.7 Å². The minimum absolute atomic E-state index is 0.260. The van der Waals surface area contributed by atoms with E-state index >= 15 is 0 Å². The van der Waals surface area contributed by atoms with Gasteiger partial charge in [-0.05, 0) is 53.9 Å². The van der Waals surface area contributed by atoms with Crippen LogP contribution >= 0.6 is 11.3 Å². The Morgan fingerprint density at radius 1 is 1.24 bits per heavy atom. The van der Waals surface area contributed by atoms with E-state index in [-0.39, 0.29) is 6.04 Å². The zero-order valence-electron chi connectivity index (χ0n) is 12.5. The van der Waals surface area contributed by atoms with Crippen molar-refractivity contribution in [3.05, 3.63) is 64.1 Å². The summed E-state index contributed by atoms with van der Waals surface area (Å²) in [6.45, 7) is 5.42. The molecule has 2 heterocycles. The summed E-state index contributed by atoms with van der Waals surface area (Å²) in [6, 6.07) is 11.1. The molecule has 3 aromatic rings. The first-order valence-electron chi connectivity index (χ1n) is 7.41. The van der Waals surface area contributed by atoms with Crippen LogP contribution in [-0.2, 0) is 0 Å². The first-order chi connectivity index (χ1) is 10.3. The summed E-state index contributed by atoms with van der Waals surface area (Å²) in [4.78, 5) is 5.65. The largest absolute Gasteiger partial charge is 0.306 e. The van der Waals surface area contributed by atoms with Gasteiger partial charge in [0.15, 0.2) is 0 Å². The van der Waals surface area contributed by atoms with E-state index in [0.717, 1.165) is 13.0 Å². The number of aryl methyl sites for hydroxylation is 1. The average molecular weight is 296 g/mol. The lowest BCUT2D eigenvalue weighted by atomic mass is 9.97. The molecule has 1 unspecified atom stereocenters. The standard InChI is InChI=1S/C18H20N2S/c1-3-9-20-17(18-13(2)8-11-21-18)16-6-4-5-14-12-19-10-7-15(14)16/h4-8,10-12,17,20H,3,9H2,1-2H3. The van der Waals surface area contributed by atoms with Crippen molar-refractivity contribution in [1.82, 2.24) is 10.3 Å². The lowest BCUT2D eigenvalue weighted by Crippen LogP contribution is -2.23. The maximum Gasteiger partial charge on any atom is 0.0679 e. The van der Waals surface area contributed by atoms with Gasteiger partial charge in [0, 0.05) is 22.7 Å². The molecular formula is C18H20N2S. The summed E-state index contributed by atoms with van der Waals surface area (Å²) >= 11 is 1.83. The van der Waals surface area contributed by atoms with Gasteiger partial charge in [-0.15, -0.1) is 11.3 Å². The van der Waals surface area contributed by atoms with Crippen molar-refractivity contribution in [2.75, 3.05) is 6.54 Å². The Bertz CT molecular complexity index is 727. The number of fused-ring (bicyclic) bond motifs is 1. The van der Waals surface area contributed by atoms with Crippen LogP contribution in [0.25, 0.3) is 10.8 Å². The van der Waals surface area contributed by atoms with Gasteiger partial charge in [-0.3, -0.25) is 4.98 Å². The predicted octanol–water partition coefficient (Wildman–Crippen LogP) is 4.69. The van der Waals surface area contributed by atoms with Crippen molar-refractivity contribution in [2.24, 2.45) is 0 Å². The minimum atomic E-state index is 0.260. The molecule has 0 aliphatic heterocycles. The van der Waals surface area contributed by atoms with Crippen molar-refractivity contribution in [3.63, 3.8) is 0 Å². The minimum Gasteiger partial charge on any atom is -0.306 e. The van der Waals surface area contributed by atoms with Gasteiger partial charge in [-0.1, -0.05) is 25.1 Å². The zero-order valence-corrected chi connectivity index (χ0v) is 13.3. The summed E-state index contributed by atoms with van der Waals surface area (Å²) in [6.07, 6.45) is 4.95. The maximum absolute atomic E-state index is 4.24. The molecule has 2 nitrogen and oxygen atoms in total. The fourth-order valence-electron chi connectivity index (χ4n) is 2.71. The number of hydrogen-bond donors (Lipinski definition) is 1. The van der Waals surface area contributed by atoms with Gasteiger partial charge in [-0.25, -0.2) is 0 Å². The molecule has 0 radical (unpaired) electrons. The fourth-order valence-corrected chi connectivity index (χ4v) is 3.73. The van der Waals surface area contributed by atoms with E-state index in [1.165, 1.54) is 26.8 Å². The molecule has 1 aromatic carbocycles. The number of nitrogens with zero attached hydrogens (tertiary/aromatic N) is 1. The van der Waals surface area contributed by atoms with Gasteiger partial charge in [0.1, 0.15) is 0 Å². The highest BCUT2D eigenvalue weighted by atomic mass is 32.1. The van der Waals surface area contributed by atoms with Crippen LogP contribution in [0.1, 0.15) is 35.4 Å². The summed E-state index contributed by atoms with van der Waals surface area (Å²) in [7, 11) is 0. The van der Waals surface area contributed by atoms with Gasteiger partial charge < -0.3 is 5.32 Å². The van der Waals surface area contributed by atoms with Crippen molar-refractivity contribution in [1.29, 1.82) is 0 Å². The Morgan fingerprint density at radius 3 is 2.90 bits per heavy atom. The van der Waals surface area contributed by atoms with Crippen molar-refractivity contribution in [2.45, 2.75) is 26.3 Å².